The molecule has 0 unspecified atom stereocenters. The van der Waals surface area contributed by atoms with Crippen LogP contribution in [0, 0.1) is 27.7 Å². The summed E-state index contributed by atoms with van der Waals surface area (Å²) in [6, 6.07) is 3.96. The second-order valence-electron chi connectivity index (χ2n) is 6.77. The minimum Gasteiger partial charge on any atom is -0.483 e. The molecule has 7 nitrogen and oxygen atoms in total. The number of anilines is 1. The van der Waals surface area contributed by atoms with Gasteiger partial charge >= 0.3 is 11.9 Å². The summed E-state index contributed by atoms with van der Waals surface area (Å²) in [6.45, 7) is 11.0. The molecule has 0 aliphatic carbocycles. The fourth-order valence-electron chi connectivity index (χ4n) is 3.14. The number of carbonyl (C=O) groups excluding carboxylic acids is 3. The highest BCUT2D eigenvalue weighted by atomic mass is 32.1. The molecular formula is C22H27NO6S. The van der Waals surface area contributed by atoms with Gasteiger partial charge in [-0.15, -0.1) is 11.3 Å². The molecule has 1 heterocycles. The largest absolute Gasteiger partial charge is 0.483 e. The van der Waals surface area contributed by atoms with Gasteiger partial charge in [0, 0.05) is 0 Å². The molecular weight excluding hydrogens is 406 g/mol. The lowest BCUT2D eigenvalue weighted by Gasteiger charge is -2.13. The predicted molar refractivity (Wildman–Crippen MR) is 116 cm³/mol. The zero-order chi connectivity index (χ0) is 22.4. The normalized spacial score (nSPS) is 10.5. The molecule has 0 fully saturated rings. The van der Waals surface area contributed by atoms with Gasteiger partial charge in [-0.3, -0.25) is 4.79 Å². The average Bonchev–Trinajstić information content (AvgIpc) is 2.97. The van der Waals surface area contributed by atoms with Gasteiger partial charge in [-0.25, -0.2) is 9.59 Å². The maximum absolute atomic E-state index is 12.5. The highest BCUT2D eigenvalue weighted by Crippen LogP contribution is 2.34. The van der Waals surface area contributed by atoms with Crippen molar-refractivity contribution in [1.82, 2.24) is 0 Å². The summed E-state index contributed by atoms with van der Waals surface area (Å²) in [6.07, 6.45) is 0. The molecule has 0 spiro atoms. The number of nitrogens with one attached hydrogen (secondary N) is 1. The third kappa shape index (κ3) is 5.38. The highest BCUT2D eigenvalue weighted by Gasteiger charge is 2.27. The summed E-state index contributed by atoms with van der Waals surface area (Å²) in [7, 11) is 0. The number of amides is 1. The molecule has 0 atom stereocenters. The third-order valence-corrected chi connectivity index (χ3v) is 5.48. The zero-order valence-corrected chi connectivity index (χ0v) is 19.0. The van der Waals surface area contributed by atoms with E-state index in [2.05, 4.69) is 5.32 Å². The quantitative estimate of drug-likeness (QED) is 0.622. The summed E-state index contributed by atoms with van der Waals surface area (Å²) in [5.74, 6) is -0.955. The third-order valence-electron chi connectivity index (χ3n) is 4.29. The maximum Gasteiger partial charge on any atom is 0.348 e. The number of benzene rings is 1. The van der Waals surface area contributed by atoms with Gasteiger partial charge in [0.15, 0.2) is 6.61 Å². The van der Waals surface area contributed by atoms with E-state index in [0.717, 1.165) is 28.0 Å². The molecule has 162 valence electrons. The lowest BCUT2D eigenvalue weighted by atomic mass is 10.1. The van der Waals surface area contributed by atoms with Crippen molar-refractivity contribution in [2.75, 3.05) is 25.1 Å². The van der Waals surface area contributed by atoms with Crippen LogP contribution >= 0.6 is 11.3 Å². The molecule has 0 radical (unpaired) electrons. The van der Waals surface area contributed by atoms with Crippen molar-refractivity contribution in [3.05, 3.63) is 44.8 Å². The summed E-state index contributed by atoms with van der Waals surface area (Å²) in [5.41, 5.74) is 3.55. The number of esters is 2. The first kappa shape index (κ1) is 23.4. The van der Waals surface area contributed by atoms with Gasteiger partial charge in [0.2, 0.25) is 0 Å². The van der Waals surface area contributed by atoms with Crippen LogP contribution in [-0.4, -0.2) is 37.7 Å². The summed E-state index contributed by atoms with van der Waals surface area (Å²) in [4.78, 5) is 37.4. The molecule has 2 rings (SSSR count). The first-order valence-corrected chi connectivity index (χ1v) is 10.5. The molecule has 1 aromatic carbocycles. The van der Waals surface area contributed by atoms with E-state index >= 15 is 0 Å². The molecule has 1 amide bonds. The van der Waals surface area contributed by atoms with Crippen LogP contribution in [0.2, 0.25) is 0 Å². The SMILES string of the molecule is CCOC(=O)c1sc(NC(=O)COc2c(C)cc(C)cc2C)c(C(=O)OCC)c1C. The predicted octanol–water partition coefficient (Wildman–Crippen LogP) is 4.35. The van der Waals surface area contributed by atoms with Crippen LogP contribution in [0.1, 0.15) is 56.1 Å². The Morgan fingerprint density at radius 3 is 2.07 bits per heavy atom. The zero-order valence-electron chi connectivity index (χ0n) is 18.1. The number of carbonyl (C=O) groups is 3. The molecule has 1 aromatic heterocycles. The van der Waals surface area contributed by atoms with Crippen LogP contribution in [0.5, 0.6) is 5.75 Å². The summed E-state index contributed by atoms with van der Waals surface area (Å²) < 4.78 is 15.8. The first-order chi connectivity index (χ1) is 14.2. The molecule has 8 heteroatoms. The monoisotopic (exact) mass is 433 g/mol. The van der Waals surface area contributed by atoms with Crippen molar-refractivity contribution in [2.24, 2.45) is 0 Å². The van der Waals surface area contributed by atoms with Crippen molar-refractivity contribution in [3.8, 4) is 5.75 Å². The van der Waals surface area contributed by atoms with Crippen molar-refractivity contribution in [3.63, 3.8) is 0 Å². The standard InChI is InChI=1S/C22H27NO6S/c1-7-27-21(25)17-15(6)19(22(26)28-8-2)30-20(17)23-16(24)11-29-18-13(4)9-12(3)10-14(18)5/h9-10H,7-8,11H2,1-6H3,(H,23,24). The molecule has 0 aliphatic heterocycles. The number of ether oxygens (including phenoxy) is 3. The van der Waals surface area contributed by atoms with Crippen LogP contribution in [0.4, 0.5) is 5.00 Å². The Balaban J connectivity index is 2.23. The second kappa shape index (κ2) is 10.2. The first-order valence-electron chi connectivity index (χ1n) is 9.67. The van der Waals surface area contributed by atoms with Gasteiger partial charge < -0.3 is 19.5 Å². The lowest BCUT2D eigenvalue weighted by molar-refractivity contribution is -0.118. The average molecular weight is 434 g/mol. The number of rotatable bonds is 8. The Morgan fingerprint density at radius 2 is 1.50 bits per heavy atom. The van der Waals surface area contributed by atoms with Crippen molar-refractivity contribution in [1.29, 1.82) is 0 Å². The Hall–Kier alpha value is -2.87. The molecule has 0 saturated heterocycles. The fourth-order valence-corrected chi connectivity index (χ4v) is 4.24. The summed E-state index contributed by atoms with van der Waals surface area (Å²) in [5, 5.41) is 2.91. The Kier molecular flexibility index (Phi) is 8.00. The van der Waals surface area contributed by atoms with Crippen molar-refractivity contribution in [2.45, 2.75) is 41.5 Å². The highest BCUT2D eigenvalue weighted by molar-refractivity contribution is 7.18. The van der Waals surface area contributed by atoms with E-state index in [4.69, 9.17) is 14.2 Å². The van der Waals surface area contributed by atoms with Crippen LogP contribution < -0.4 is 10.1 Å². The van der Waals surface area contributed by atoms with E-state index in [1.54, 1.807) is 20.8 Å². The molecule has 30 heavy (non-hydrogen) atoms. The fraction of sp³-hybridized carbons (Fsp3) is 0.409. The van der Waals surface area contributed by atoms with Gasteiger partial charge in [0.05, 0.1) is 18.8 Å². The topological polar surface area (TPSA) is 90.9 Å². The lowest BCUT2D eigenvalue weighted by Crippen LogP contribution is -2.21. The van der Waals surface area contributed by atoms with E-state index in [0.29, 0.717) is 11.3 Å². The van der Waals surface area contributed by atoms with E-state index in [1.165, 1.54) is 0 Å². The van der Waals surface area contributed by atoms with E-state index in [1.807, 2.05) is 32.9 Å². The molecule has 2 aromatic rings. The number of hydrogen-bond donors (Lipinski definition) is 1. The van der Waals surface area contributed by atoms with Crippen molar-refractivity contribution >= 4 is 34.2 Å². The molecule has 0 saturated carbocycles. The molecule has 1 N–H and O–H groups in total. The minimum atomic E-state index is -0.608. The van der Waals surface area contributed by atoms with Gasteiger partial charge in [0.1, 0.15) is 15.6 Å². The maximum atomic E-state index is 12.5. The van der Waals surface area contributed by atoms with Gasteiger partial charge in [-0.1, -0.05) is 17.7 Å². The summed E-state index contributed by atoms with van der Waals surface area (Å²) >= 11 is 0.984. The number of thiophene rings is 1. The Morgan fingerprint density at radius 1 is 0.933 bits per heavy atom. The smallest absolute Gasteiger partial charge is 0.348 e. The van der Waals surface area contributed by atoms with Gasteiger partial charge in [0.25, 0.3) is 5.91 Å². The Bertz CT molecular complexity index is 940. The number of hydrogen-bond acceptors (Lipinski definition) is 7. The Labute approximate surface area is 180 Å². The van der Waals surface area contributed by atoms with Crippen molar-refractivity contribution < 1.29 is 28.6 Å². The van der Waals surface area contributed by atoms with Crippen LogP contribution in [0.25, 0.3) is 0 Å². The number of aryl methyl sites for hydroxylation is 3. The molecule has 0 aliphatic rings. The minimum absolute atomic E-state index is 0.154. The van der Waals surface area contributed by atoms with Crippen LogP contribution in [-0.2, 0) is 14.3 Å². The van der Waals surface area contributed by atoms with Gasteiger partial charge in [-0.2, -0.15) is 0 Å². The molecule has 0 bridgehead atoms. The van der Waals surface area contributed by atoms with E-state index in [9.17, 15) is 14.4 Å². The van der Waals surface area contributed by atoms with Gasteiger partial charge in [-0.05, 0) is 58.2 Å². The second-order valence-corrected chi connectivity index (χ2v) is 7.79. The van der Waals surface area contributed by atoms with Crippen LogP contribution in [0.15, 0.2) is 12.1 Å². The van der Waals surface area contributed by atoms with E-state index < -0.39 is 17.8 Å². The van der Waals surface area contributed by atoms with Crippen LogP contribution in [0.3, 0.4) is 0 Å². The van der Waals surface area contributed by atoms with E-state index in [-0.39, 0.29) is 35.3 Å².